The van der Waals surface area contributed by atoms with Crippen LogP contribution in [-0.2, 0) is 13.1 Å². The van der Waals surface area contributed by atoms with Crippen LogP contribution in [0.3, 0.4) is 0 Å². The Morgan fingerprint density at radius 2 is 1.84 bits per heavy atom. The monoisotopic (exact) mass is 331 g/mol. The van der Waals surface area contributed by atoms with Gasteiger partial charge in [0.15, 0.2) is 5.65 Å². The Morgan fingerprint density at radius 3 is 2.68 bits per heavy atom. The summed E-state index contributed by atoms with van der Waals surface area (Å²) < 4.78 is 1.58. The average molecular weight is 331 g/mol. The van der Waals surface area contributed by atoms with Gasteiger partial charge in [0, 0.05) is 31.0 Å². The molecule has 0 atom stereocenters. The molecule has 0 saturated heterocycles. The molecule has 6 heteroatoms. The molecule has 0 unspecified atom stereocenters. The second kappa shape index (κ2) is 6.33. The van der Waals surface area contributed by atoms with Crippen LogP contribution in [0, 0.1) is 0 Å². The topological polar surface area (TPSA) is 85.3 Å². The van der Waals surface area contributed by atoms with Gasteiger partial charge < -0.3 is 11.1 Å². The summed E-state index contributed by atoms with van der Waals surface area (Å²) in [6.07, 6.45) is 5.02. The van der Waals surface area contributed by atoms with Crippen LogP contribution in [-0.4, -0.2) is 20.5 Å². The summed E-state index contributed by atoms with van der Waals surface area (Å²) in [6, 6.07) is 14.8. The third kappa shape index (κ3) is 3.07. The minimum Gasteiger partial charge on any atom is -0.365 e. The molecule has 4 rings (SSSR count). The maximum Gasteiger partial charge on any atom is 0.254 e. The van der Waals surface area contributed by atoms with Gasteiger partial charge in [-0.3, -0.25) is 4.79 Å². The number of nitrogens with one attached hydrogen (secondary N) is 1. The Bertz CT molecular complexity index is 1070. The van der Waals surface area contributed by atoms with E-state index in [2.05, 4.69) is 45.7 Å². The van der Waals surface area contributed by atoms with Crippen molar-refractivity contribution in [3.05, 3.63) is 77.7 Å². The number of nitrogens with two attached hydrogens (primary N) is 1. The van der Waals surface area contributed by atoms with Crippen molar-refractivity contribution in [2.75, 3.05) is 0 Å². The van der Waals surface area contributed by atoms with Gasteiger partial charge in [-0.05, 0) is 22.4 Å². The van der Waals surface area contributed by atoms with Crippen molar-refractivity contribution < 1.29 is 4.79 Å². The van der Waals surface area contributed by atoms with Crippen molar-refractivity contribution in [3.8, 4) is 0 Å². The van der Waals surface area contributed by atoms with Crippen LogP contribution in [0.25, 0.3) is 16.4 Å². The molecule has 0 radical (unpaired) electrons. The fraction of sp³-hybridized carbons (Fsp3) is 0.105. The van der Waals surface area contributed by atoms with Crippen molar-refractivity contribution >= 4 is 22.3 Å². The number of hydrogen-bond donors (Lipinski definition) is 2. The van der Waals surface area contributed by atoms with Crippen molar-refractivity contribution in [1.29, 1.82) is 0 Å². The second-order valence-corrected chi connectivity index (χ2v) is 5.94. The fourth-order valence-corrected chi connectivity index (χ4v) is 2.88. The van der Waals surface area contributed by atoms with Crippen LogP contribution in [0.1, 0.15) is 21.5 Å². The number of carbonyl (C=O) groups is 1. The molecule has 0 saturated carbocycles. The number of carbonyl (C=O) groups excluding carboxylic acids is 1. The van der Waals surface area contributed by atoms with Gasteiger partial charge in [0.25, 0.3) is 5.91 Å². The summed E-state index contributed by atoms with van der Waals surface area (Å²) >= 11 is 0. The zero-order valence-corrected chi connectivity index (χ0v) is 13.5. The largest absolute Gasteiger partial charge is 0.365 e. The summed E-state index contributed by atoms with van der Waals surface area (Å²) in [5, 5.41) is 10.0. The van der Waals surface area contributed by atoms with Gasteiger partial charge in [0.05, 0.1) is 6.20 Å². The Kier molecular flexibility index (Phi) is 3.87. The predicted octanol–water partition coefficient (Wildman–Crippen LogP) is 2.27. The highest BCUT2D eigenvalue weighted by Gasteiger charge is 2.10. The lowest BCUT2D eigenvalue weighted by molar-refractivity contribution is 0.100. The Balaban J connectivity index is 1.45. The highest BCUT2D eigenvalue weighted by Crippen LogP contribution is 2.15. The molecule has 0 aliphatic carbocycles. The van der Waals surface area contributed by atoms with E-state index in [9.17, 15) is 4.79 Å². The number of amides is 1. The van der Waals surface area contributed by atoms with Crippen molar-refractivity contribution in [2.24, 2.45) is 5.73 Å². The first-order chi connectivity index (χ1) is 12.2. The Morgan fingerprint density at radius 1 is 1.04 bits per heavy atom. The zero-order chi connectivity index (χ0) is 17.2. The number of primary amides is 1. The third-order valence-electron chi connectivity index (χ3n) is 4.15. The minimum absolute atomic E-state index is 0.329. The van der Waals surface area contributed by atoms with E-state index in [4.69, 9.17) is 5.73 Å². The molecular formula is C19H17N5O. The second-order valence-electron chi connectivity index (χ2n) is 5.94. The van der Waals surface area contributed by atoms with E-state index in [-0.39, 0.29) is 0 Å². The SMILES string of the molecule is NC(=O)c1cnn2cc(CNCc3ccc4ccccc4c3)cnc12. The first-order valence-electron chi connectivity index (χ1n) is 8.01. The normalized spacial score (nSPS) is 11.2. The summed E-state index contributed by atoms with van der Waals surface area (Å²) in [5.41, 5.74) is 8.31. The van der Waals surface area contributed by atoms with Gasteiger partial charge in [-0.15, -0.1) is 0 Å². The number of hydrogen-bond acceptors (Lipinski definition) is 4. The molecule has 124 valence electrons. The molecule has 4 aromatic rings. The highest BCUT2D eigenvalue weighted by atomic mass is 16.1. The quantitative estimate of drug-likeness (QED) is 0.587. The number of nitrogens with zero attached hydrogens (tertiary/aromatic N) is 3. The number of aromatic nitrogens is 3. The molecular weight excluding hydrogens is 314 g/mol. The van der Waals surface area contributed by atoms with Crippen LogP contribution in [0.4, 0.5) is 0 Å². The minimum atomic E-state index is -0.523. The summed E-state index contributed by atoms with van der Waals surface area (Å²) in [5.74, 6) is -0.523. The lowest BCUT2D eigenvalue weighted by atomic mass is 10.1. The predicted molar refractivity (Wildman–Crippen MR) is 96.0 cm³/mol. The maximum absolute atomic E-state index is 11.3. The molecule has 25 heavy (non-hydrogen) atoms. The molecule has 0 aliphatic rings. The van der Waals surface area contributed by atoms with Crippen molar-refractivity contribution in [3.63, 3.8) is 0 Å². The lowest BCUT2D eigenvalue weighted by Crippen LogP contribution is -2.14. The van der Waals surface area contributed by atoms with Crippen molar-refractivity contribution in [2.45, 2.75) is 13.1 Å². The van der Waals surface area contributed by atoms with E-state index in [1.165, 1.54) is 22.5 Å². The van der Waals surface area contributed by atoms with E-state index < -0.39 is 5.91 Å². The Labute approximate surface area is 144 Å². The zero-order valence-electron chi connectivity index (χ0n) is 13.5. The molecule has 3 N–H and O–H groups in total. The standard InChI is InChI=1S/C19H17N5O/c20-18(25)17-11-23-24-12-14(10-22-19(17)24)9-21-8-13-5-6-15-3-1-2-4-16(15)7-13/h1-7,10-12,21H,8-9H2,(H2,20,25). The van der Waals surface area contributed by atoms with E-state index in [1.807, 2.05) is 18.3 Å². The molecule has 2 aromatic carbocycles. The molecule has 0 bridgehead atoms. The molecule has 1 amide bonds. The molecule has 0 aliphatic heterocycles. The van der Waals surface area contributed by atoms with E-state index in [0.717, 1.165) is 12.1 Å². The molecule has 2 aromatic heterocycles. The summed E-state index contributed by atoms with van der Waals surface area (Å²) in [7, 11) is 0. The number of fused-ring (bicyclic) bond motifs is 2. The Hall–Kier alpha value is -3.25. The van der Waals surface area contributed by atoms with Gasteiger partial charge >= 0.3 is 0 Å². The molecule has 0 spiro atoms. The first kappa shape index (κ1) is 15.3. The van der Waals surface area contributed by atoms with Gasteiger partial charge in [-0.2, -0.15) is 5.10 Å². The molecule has 6 nitrogen and oxygen atoms in total. The molecule has 0 fully saturated rings. The number of benzene rings is 2. The van der Waals surface area contributed by atoms with Gasteiger partial charge in [0.1, 0.15) is 5.56 Å². The fourth-order valence-electron chi connectivity index (χ4n) is 2.88. The van der Waals surface area contributed by atoms with Gasteiger partial charge in [-0.1, -0.05) is 36.4 Å². The average Bonchev–Trinajstić information content (AvgIpc) is 3.05. The summed E-state index contributed by atoms with van der Waals surface area (Å²) in [4.78, 5) is 15.6. The van der Waals surface area contributed by atoms with E-state index >= 15 is 0 Å². The highest BCUT2D eigenvalue weighted by molar-refractivity contribution is 5.98. The number of rotatable bonds is 5. The first-order valence-corrected chi connectivity index (χ1v) is 8.01. The van der Waals surface area contributed by atoms with Crippen LogP contribution in [0.5, 0.6) is 0 Å². The van der Waals surface area contributed by atoms with E-state index in [0.29, 0.717) is 17.8 Å². The van der Waals surface area contributed by atoms with E-state index in [1.54, 1.807) is 10.7 Å². The van der Waals surface area contributed by atoms with Crippen LogP contribution in [0.15, 0.2) is 61.1 Å². The van der Waals surface area contributed by atoms with Crippen LogP contribution in [0.2, 0.25) is 0 Å². The van der Waals surface area contributed by atoms with Gasteiger partial charge in [0.2, 0.25) is 0 Å². The maximum atomic E-state index is 11.3. The van der Waals surface area contributed by atoms with Crippen LogP contribution < -0.4 is 11.1 Å². The lowest BCUT2D eigenvalue weighted by Gasteiger charge is -2.07. The van der Waals surface area contributed by atoms with Crippen molar-refractivity contribution in [1.82, 2.24) is 19.9 Å². The smallest absolute Gasteiger partial charge is 0.254 e. The van der Waals surface area contributed by atoms with Gasteiger partial charge in [-0.25, -0.2) is 9.50 Å². The molecule has 2 heterocycles. The van der Waals surface area contributed by atoms with Crippen LogP contribution >= 0.6 is 0 Å². The third-order valence-corrected chi connectivity index (χ3v) is 4.15. The summed E-state index contributed by atoms with van der Waals surface area (Å²) in [6.45, 7) is 1.41.